The molecule has 2 aromatic rings. The van der Waals surface area contributed by atoms with E-state index in [0.717, 1.165) is 6.08 Å². The van der Waals surface area contributed by atoms with Crippen LogP contribution in [0.25, 0.3) is 6.08 Å². The molecule has 1 aliphatic heterocycles. The summed E-state index contributed by atoms with van der Waals surface area (Å²) in [6.07, 6.45) is -5.50. The summed E-state index contributed by atoms with van der Waals surface area (Å²) in [5.74, 6) is -1.09. The van der Waals surface area contributed by atoms with Crippen molar-refractivity contribution in [2.75, 3.05) is 27.9 Å². The molecule has 1 fully saturated rings. The Morgan fingerprint density at radius 1 is 0.919 bits per heavy atom. The molecule has 1 heterocycles. The van der Waals surface area contributed by atoms with Gasteiger partial charge < -0.3 is 48.8 Å². The van der Waals surface area contributed by atoms with Gasteiger partial charge in [0.1, 0.15) is 36.8 Å². The smallest absolute Gasteiger partial charge is 0.338 e. The summed E-state index contributed by atoms with van der Waals surface area (Å²) in [5, 5.41) is 40.0. The number of aliphatic hydroxyl groups excluding tert-OH is 3. The van der Waals surface area contributed by atoms with Crippen LogP contribution in [0.3, 0.4) is 0 Å². The van der Waals surface area contributed by atoms with Crippen LogP contribution in [0, 0.1) is 0 Å². The maximum atomic E-state index is 12.7. The minimum absolute atomic E-state index is 0.0623. The third-order valence-corrected chi connectivity index (χ3v) is 5.52. The summed E-state index contributed by atoms with van der Waals surface area (Å²) in [6.45, 7) is -0.499. The van der Waals surface area contributed by atoms with E-state index in [1.807, 2.05) is 0 Å². The first-order valence-electron chi connectivity index (χ1n) is 11.0. The Bertz CT molecular complexity index is 1110. The molecule has 0 aliphatic carbocycles. The standard InChI is InChI=1S/C25H28O12/c1-32-16-10-14(11-17(33-2)23(16)34-3)24(31)35-12-18-20(28)21(29)22(30)25(37-18)36-15-7-5-4-6-13(15)8-9-19(26)27/h4-11,18,20-22,25,28-30H,12H2,1-3H3,(H,26,27)/t18-,20+,21-,22+,25+/m0/s1. The number of carbonyl (C=O) groups excluding carboxylic acids is 1. The Morgan fingerprint density at radius 3 is 2.16 bits per heavy atom. The average molecular weight is 520 g/mol. The molecule has 5 atom stereocenters. The first-order valence-corrected chi connectivity index (χ1v) is 11.0. The lowest BCUT2D eigenvalue weighted by atomic mass is 9.99. The van der Waals surface area contributed by atoms with Gasteiger partial charge in [0, 0.05) is 11.6 Å². The summed E-state index contributed by atoms with van der Waals surface area (Å²) in [5.41, 5.74) is 0.430. The van der Waals surface area contributed by atoms with Crippen molar-refractivity contribution in [1.29, 1.82) is 0 Å². The summed E-state index contributed by atoms with van der Waals surface area (Å²) in [6, 6.07) is 9.11. The largest absolute Gasteiger partial charge is 0.493 e. The number of carbonyl (C=O) groups is 2. The minimum atomic E-state index is -1.69. The van der Waals surface area contributed by atoms with Crippen molar-refractivity contribution in [2.24, 2.45) is 0 Å². The van der Waals surface area contributed by atoms with E-state index in [-0.39, 0.29) is 28.6 Å². The fourth-order valence-electron chi connectivity index (χ4n) is 3.60. The van der Waals surface area contributed by atoms with E-state index >= 15 is 0 Å². The molecule has 0 amide bonds. The van der Waals surface area contributed by atoms with Gasteiger partial charge in [-0.25, -0.2) is 9.59 Å². The van der Waals surface area contributed by atoms with Crippen molar-refractivity contribution >= 4 is 18.0 Å². The Kier molecular flexibility index (Phi) is 9.31. The predicted molar refractivity (Wildman–Crippen MR) is 127 cm³/mol. The van der Waals surface area contributed by atoms with Gasteiger partial charge >= 0.3 is 11.9 Å². The Morgan fingerprint density at radius 2 is 1.57 bits per heavy atom. The number of esters is 1. The van der Waals surface area contributed by atoms with Gasteiger partial charge in [-0.1, -0.05) is 18.2 Å². The lowest BCUT2D eigenvalue weighted by molar-refractivity contribution is -0.277. The van der Waals surface area contributed by atoms with Crippen molar-refractivity contribution < 1.29 is 58.4 Å². The predicted octanol–water partition coefficient (Wildman–Crippen LogP) is 0.854. The molecule has 0 spiro atoms. The molecule has 37 heavy (non-hydrogen) atoms. The van der Waals surface area contributed by atoms with Crippen molar-refractivity contribution in [2.45, 2.75) is 30.7 Å². The molecule has 1 aliphatic rings. The van der Waals surface area contributed by atoms with Gasteiger partial charge in [0.15, 0.2) is 11.5 Å². The van der Waals surface area contributed by atoms with Gasteiger partial charge in [-0.2, -0.15) is 0 Å². The Labute approximate surface area is 212 Å². The Balaban J connectivity index is 1.74. The minimum Gasteiger partial charge on any atom is -0.493 e. The first kappa shape index (κ1) is 27.7. The van der Waals surface area contributed by atoms with E-state index in [2.05, 4.69) is 0 Å². The number of para-hydroxylation sites is 1. The van der Waals surface area contributed by atoms with Gasteiger partial charge in [-0.15, -0.1) is 0 Å². The number of carboxylic acid groups (broad SMARTS) is 1. The highest BCUT2D eigenvalue weighted by Crippen LogP contribution is 2.38. The van der Waals surface area contributed by atoms with Crippen molar-refractivity contribution in [3.8, 4) is 23.0 Å². The summed E-state index contributed by atoms with van der Waals surface area (Å²) in [4.78, 5) is 23.6. The van der Waals surface area contributed by atoms with E-state index in [0.29, 0.717) is 5.56 Å². The van der Waals surface area contributed by atoms with Crippen molar-refractivity contribution in [3.05, 3.63) is 53.6 Å². The molecule has 12 nitrogen and oxygen atoms in total. The molecule has 12 heteroatoms. The molecule has 0 aromatic heterocycles. The van der Waals surface area contributed by atoms with Crippen LogP contribution in [-0.4, -0.2) is 91.0 Å². The molecular formula is C25H28O12. The quantitative estimate of drug-likeness (QED) is 0.258. The zero-order chi connectivity index (χ0) is 27.1. The first-order chi connectivity index (χ1) is 17.7. The number of benzene rings is 2. The van der Waals surface area contributed by atoms with Crippen LogP contribution in [0.1, 0.15) is 15.9 Å². The molecule has 3 rings (SSSR count). The SMILES string of the molecule is COc1cc(C(=O)OC[C@@H]2O[C@@H](Oc3ccccc3C=CC(=O)O)[C@H](O)[C@@H](O)[C@@H]2O)cc(OC)c1OC. The molecule has 0 saturated carbocycles. The van der Waals surface area contributed by atoms with Crippen LogP contribution in [0.5, 0.6) is 23.0 Å². The average Bonchev–Trinajstić information content (AvgIpc) is 2.90. The number of aliphatic hydroxyl groups is 3. The van der Waals surface area contributed by atoms with Crippen LogP contribution in [0.4, 0.5) is 0 Å². The van der Waals surface area contributed by atoms with E-state index in [1.165, 1.54) is 45.6 Å². The van der Waals surface area contributed by atoms with E-state index in [4.69, 9.17) is 33.5 Å². The monoisotopic (exact) mass is 520 g/mol. The van der Waals surface area contributed by atoms with Gasteiger partial charge in [-0.3, -0.25) is 0 Å². The van der Waals surface area contributed by atoms with Gasteiger partial charge in [0.05, 0.1) is 26.9 Å². The zero-order valence-corrected chi connectivity index (χ0v) is 20.3. The lowest BCUT2D eigenvalue weighted by Gasteiger charge is -2.40. The highest BCUT2D eigenvalue weighted by molar-refractivity contribution is 5.91. The highest BCUT2D eigenvalue weighted by atomic mass is 16.7. The fourth-order valence-corrected chi connectivity index (χ4v) is 3.60. The molecule has 1 saturated heterocycles. The molecule has 200 valence electrons. The third-order valence-electron chi connectivity index (χ3n) is 5.52. The van der Waals surface area contributed by atoms with Crippen LogP contribution < -0.4 is 18.9 Å². The number of hydrogen-bond donors (Lipinski definition) is 4. The molecule has 0 bridgehead atoms. The van der Waals surface area contributed by atoms with Crippen LogP contribution in [0.2, 0.25) is 0 Å². The Hall–Kier alpha value is -3.84. The van der Waals surface area contributed by atoms with Crippen molar-refractivity contribution in [1.82, 2.24) is 0 Å². The molecule has 0 radical (unpaired) electrons. The second-order valence-electron chi connectivity index (χ2n) is 7.85. The molecule has 4 N–H and O–H groups in total. The van der Waals surface area contributed by atoms with Crippen LogP contribution in [-0.2, 0) is 14.3 Å². The highest BCUT2D eigenvalue weighted by Gasteiger charge is 2.45. The number of carboxylic acids is 1. The number of rotatable bonds is 10. The van der Waals surface area contributed by atoms with Gasteiger partial charge in [0.25, 0.3) is 0 Å². The third kappa shape index (κ3) is 6.49. The van der Waals surface area contributed by atoms with Gasteiger partial charge in [0.2, 0.25) is 12.0 Å². The summed E-state index contributed by atoms with van der Waals surface area (Å²) >= 11 is 0. The van der Waals surface area contributed by atoms with E-state index in [9.17, 15) is 24.9 Å². The summed E-state index contributed by atoms with van der Waals surface area (Å²) in [7, 11) is 4.20. The topological polar surface area (TPSA) is 170 Å². The normalized spacial score (nSPS) is 23.4. The molecular weight excluding hydrogens is 492 g/mol. The van der Waals surface area contributed by atoms with Crippen LogP contribution in [0.15, 0.2) is 42.5 Å². The van der Waals surface area contributed by atoms with E-state index in [1.54, 1.807) is 18.2 Å². The number of ether oxygens (including phenoxy) is 6. The molecule has 2 aromatic carbocycles. The second kappa shape index (κ2) is 12.4. The van der Waals surface area contributed by atoms with Crippen LogP contribution >= 0.6 is 0 Å². The number of methoxy groups -OCH3 is 3. The van der Waals surface area contributed by atoms with Crippen molar-refractivity contribution in [3.63, 3.8) is 0 Å². The van der Waals surface area contributed by atoms with Gasteiger partial charge in [-0.05, 0) is 24.3 Å². The number of aliphatic carboxylic acids is 1. The summed E-state index contributed by atoms with van der Waals surface area (Å²) < 4.78 is 32.2. The second-order valence-corrected chi connectivity index (χ2v) is 7.85. The molecule has 0 unspecified atom stereocenters. The fraction of sp³-hybridized carbons (Fsp3) is 0.360. The number of hydrogen-bond acceptors (Lipinski definition) is 11. The maximum Gasteiger partial charge on any atom is 0.338 e. The maximum absolute atomic E-state index is 12.7. The lowest BCUT2D eigenvalue weighted by Crippen LogP contribution is -2.60. The zero-order valence-electron chi connectivity index (χ0n) is 20.3. The van der Waals surface area contributed by atoms with E-state index < -0.39 is 49.3 Å².